The van der Waals surface area contributed by atoms with E-state index in [1.807, 2.05) is 12.1 Å². The van der Waals surface area contributed by atoms with Crippen molar-refractivity contribution in [1.29, 1.82) is 0 Å². The molecule has 1 aliphatic carbocycles. The molecule has 1 aliphatic rings. The maximum Gasteiger partial charge on any atom is 0.120 e. The first-order valence-electron chi connectivity index (χ1n) is 7.47. The fourth-order valence-corrected chi connectivity index (χ4v) is 2.76. The highest BCUT2D eigenvalue weighted by molar-refractivity contribution is 5.32. The van der Waals surface area contributed by atoms with Crippen LogP contribution in [0.4, 0.5) is 0 Å². The second kappa shape index (κ2) is 6.57. The number of methoxy groups -OCH3 is 1. The summed E-state index contributed by atoms with van der Waals surface area (Å²) < 4.78 is 11.7. The largest absolute Gasteiger partial charge is 0.490 e. The van der Waals surface area contributed by atoms with Gasteiger partial charge >= 0.3 is 0 Å². The van der Waals surface area contributed by atoms with Crippen molar-refractivity contribution in [2.45, 2.75) is 57.3 Å². The number of benzene rings is 1. The van der Waals surface area contributed by atoms with Crippen LogP contribution >= 0.6 is 0 Å². The molecule has 0 radical (unpaired) electrons. The van der Waals surface area contributed by atoms with Crippen molar-refractivity contribution in [1.82, 2.24) is 5.43 Å². The van der Waals surface area contributed by atoms with Crippen molar-refractivity contribution in [2.75, 3.05) is 7.11 Å². The molecule has 0 aliphatic heterocycles. The van der Waals surface area contributed by atoms with Gasteiger partial charge in [0.05, 0.1) is 17.7 Å². The molecular formula is C16H26N2O2. The first-order chi connectivity index (χ1) is 9.69. The molecule has 20 heavy (non-hydrogen) atoms. The van der Waals surface area contributed by atoms with Crippen LogP contribution in [0.1, 0.15) is 51.1 Å². The average Bonchev–Trinajstić information content (AvgIpc) is 3.29. The molecular weight excluding hydrogens is 252 g/mol. The fraction of sp³-hybridized carbons (Fsp3) is 0.625. The Morgan fingerprint density at radius 1 is 1.35 bits per heavy atom. The molecule has 4 nitrogen and oxygen atoms in total. The lowest BCUT2D eigenvalue weighted by Crippen LogP contribution is -2.47. The van der Waals surface area contributed by atoms with E-state index in [9.17, 15) is 0 Å². The summed E-state index contributed by atoms with van der Waals surface area (Å²) in [4.78, 5) is 0. The summed E-state index contributed by atoms with van der Waals surface area (Å²) in [7, 11) is 1.75. The Morgan fingerprint density at radius 2 is 2.05 bits per heavy atom. The Labute approximate surface area is 121 Å². The van der Waals surface area contributed by atoms with Crippen molar-refractivity contribution >= 4 is 0 Å². The van der Waals surface area contributed by atoms with Crippen LogP contribution in [-0.2, 0) is 4.74 Å². The lowest BCUT2D eigenvalue weighted by molar-refractivity contribution is -0.0487. The first-order valence-corrected chi connectivity index (χ1v) is 7.47. The third-order valence-corrected chi connectivity index (χ3v) is 4.31. The van der Waals surface area contributed by atoms with Gasteiger partial charge in [-0.2, -0.15) is 0 Å². The smallest absolute Gasteiger partial charge is 0.120 e. The van der Waals surface area contributed by atoms with E-state index in [0.717, 1.165) is 37.0 Å². The molecule has 0 heterocycles. The molecule has 1 aromatic rings. The van der Waals surface area contributed by atoms with Gasteiger partial charge in [-0.1, -0.05) is 26.0 Å². The Balaban J connectivity index is 2.25. The van der Waals surface area contributed by atoms with Crippen molar-refractivity contribution < 1.29 is 9.47 Å². The summed E-state index contributed by atoms with van der Waals surface area (Å²) in [6.07, 6.45) is 4.51. The predicted octanol–water partition coefficient (Wildman–Crippen LogP) is 2.94. The van der Waals surface area contributed by atoms with Gasteiger partial charge in [0.1, 0.15) is 5.75 Å². The topological polar surface area (TPSA) is 56.5 Å². The minimum absolute atomic E-state index is 0.0507. The van der Waals surface area contributed by atoms with E-state index < -0.39 is 0 Å². The number of hydrazine groups is 1. The third kappa shape index (κ3) is 3.14. The zero-order valence-electron chi connectivity index (χ0n) is 12.7. The van der Waals surface area contributed by atoms with E-state index in [1.54, 1.807) is 7.11 Å². The van der Waals surface area contributed by atoms with E-state index in [-0.39, 0.29) is 11.6 Å². The molecule has 3 N–H and O–H groups in total. The number of nitrogens with two attached hydrogens (primary N) is 1. The van der Waals surface area contributed by atoms with E-state index in [4.69, 9.17) is 15.3 Å². The van der Waals surface area contributed by atoms with Gasteiger partial charge in [-0.25, -0.2) is 0 Å². The van der Waals surface area contributed by atoms with Crippen LogP contribution in [0.15, 0.2) is 24.3 Å². The Bertz CT molecular complexity index is 420. The molecule has 0 amide bonds. The highest BCUT2D eigenvalue weighted by Gasteiger charge is 2.36. The fourth-order valence-electron chi connectivity index (χ4n) is 2.76. The minimum Gasteiger partial charge on any atom is -0.490 e. The van der Waals surface area contributed by atoms with Crippen LogP contribution in [0, 0.1) is 0 Å². The van der Waals surface area contributed by atoms with Gasteiger partial charge < -0.3 is 9.47 Å². The summed E-state index contributed by atoms with van der Waals surface area (Å²) >= 11 is 0. The second-order valence-electron chi connectivity index (χ2n) is 5.47. The molecule has 1 fully saturated rings. The monoisotopic (exact) mass is 278 g/mol. The second-order valence-corrected chi connectivity index (χ2v) is 5.47. The van der Waals surface area contributed by atoms with Crippen LogP contribution in [0.2, 0.25) is 0 Å². The van der Waals surface area contributed by atoms with Crippen LogP contribution < -0.4 is 16.0 Å². The van der Waals surface area contributed by atoms with Gasteiger partial charge in [0.2, 0.25) is 0 Å². The number of hydrogen-bond donors (Lipinski definition) is 2. The average molecular weight is 278 g/mol. The van der Waals surface area contributed by atoms with Crippen LogP contribution in [0.5, 0.6) is 5.75 Å². The molecule has 1 unspecified atom stereocenters. The maximum absolute atomic E-state index is 5.86. The summed E-state index contributed by atoms with van der Waals surface area (Å²) in [6.45, 7) is 4.25. The molecule has 0 bridgehead atoms. The molecule has 0 aromatic heterocycles. The summed E-state index contributed by atoms with van der Waals surface area (Å²) in [5.41, 5.74) is 3.74. The number of hydrogen-bond acceptors (Lipinski definition) is 4. The Morgan fingerprint density at radius 3 is 2.55 bits per heavy atom. The van der Waals surface area contributed by atoms with Gasteiger partial charge in [0.25, 0.3) is 0 Å². The van der Waals surface area contributed by atoms with Gasteiger partial charge in [-0.05, 0) is 43.4 Å². The van der Waals surface area contributed by atoms with Gasteiger partial charge in [0, 0.05) is 7.11 Å². The number of ether oxygens (including phenoxy) is 2. The van der Waals surface area contributed by atoms with Gasteiger partial charge in [-0.3, -0.25) is 11.3 Å². The highest BCUT2D eigenvalue weighted by atomic mass is 16.5. The standard InChI is InChI=1S/C16H26N2O2/c1-4-16(5-2,19-3)15(18-17)12-7-6-8-14(11-12)20-13-9-10-13/h6-8,11,13,15,18H,4-5,9-10,17H2,1-3H3. The molecule has 112 valence electrons. The summed E-state index contributed by atoms with van der Waals surface area (Å²) in [6, 6.07) is 8.11. The van der Waals surface area contributed by atoms with Crippen molar-refractivity contribution in [3.8, 4) is 5.75 Å². The molecule has 4 heteroatoms. The predicted molar refractivity (Wildman–Crippen MR) is 80.5 cm³/mol. The quantitative estimate of drug-likeness (QED) is 0.567. The lowest BCUT2D eigenvalue weighted by atomic mass is 9.84. The van der Waals surface area contributed by atoms with Crippen molar-refractivity contribution in [3.63, 3.8) is 0 Å². The van der Waals surface area contributed by atoms with E-state index in [2.05, 4.69) is 31.4 Å². The molecule has 1 atom stereocenters. The minimum atomic E-state index is -0.299. The molecule has 1 aromatic carbocycles. The van der Waals surface area contributed by atoms with E-state index in [1.165, 1.54) is 0 Å². The van der Waals surface area contributed by atoms with Crippen molar-refractivity contribution in [3.05, 3.63) is 29.8 Å². The SMILES string of the molecule is CCC(CC)(OC)C(NN)c1cccc(OC2CC2)c1. The summed E-state index contributed by atoms with van der Waals surface area (Å²) in [5, 5.41) is 0. The molecule has 2 rings (SSSR count). The molecule has 0 saturated heterocycles. The van der Waals surface area contributed by atoms with Crippen molar-refractivity contribution in [2.24, 2.45) is 5.84 Å². The number of rotatable bonds is 8. The molecule has 0 spiro atoms. The van der Waals surface area contributed by atoms with Gasteiger partial charge in [-0.15, -0.1) is 0 Å². The first kappa shape index (κ1) is 15.3. The highest BCUT2D eigenvalue weighted by Crippen LogP contribution is 2.36. The normalized spacial score (nSPS) is 17.0. The van der Waals surface area contributed by atoms with Gasteiger partial charge in [0.15, 0.2) is 0 Å². The number of nitrogens with one attached hydrogen (secondary N) is 1. The Kier molecular flexibility index (Phi) is 5.02. The maximum atomic E-state index is 5.86. The van der Waals surface area contributed by atoms with Crippen LogP contribution in [0.3, 0.4) is 0 Å². The third-order valence-electron chi connectivity index (χ3n) is 4.31. The van der Waals surface area contributed by atoms with E-state index in [0.29, 0.717) is 6.10 Å². The van der Waals surface area contributed by atoms with Crippen LogP contribution in [0.25, 0.3) is 0 Å². The lowest BCUT2D eigenvalue weighted by Gasteiger charge is -2.38. The zero-order valence-corrected chi connectivity index (χ0v) is 12.7. The Hall–Kier alpha value is -1.10. The van der Waals surface area contributed by atoms with Crippen LogP contribution in [-0.4, -0.2) is 18.8 Å². The summed E-state index contributed by atoms with van der Waals surface area (Å²) in [5.74, 6) is 6.73. The zero-order chi connectivity index (χ0) is 14.6. The molecule has 1 saturated carbocycles. The van der Waals surface area contributed by atoms with E-state index >= 15 is 0 Å².